The van der Waals surface area contributed by atoms with Gasteiger partial charge >= 0.3 is 5.97 Å². The highest BCUT2D eigenvalue weighted by atomic mass is 35.5. The monoisotopic (exact) mass is 854 g/mol. The number of pyridine rings is 2. The minimum Gasteiger partial charge on any atom is -0.494 e. The van der Waals surface area contributed by atoms with Gasteiger partial charge in [-0.1, -0.05) is 61.8 Å². The number of rotatable bonds is 16. The molecule has 62 heavy (non-hydrogen) atoms. The summed E-state index contributed by atoms with van der Waals surface area (Å²) in [7, 11) is 0. The molecule has 10 heteroatoms. The fourth-order valence-corrected chi connectivity index (χ4v) is 10.7. The minimum atomic E-state index is -1.11. The van der Waals surface area contributed by atoms with E-state index in [1.165, 1.54) is 22.4 Å². The van der Waals surface area contributed by atoms with Crippen molar-refractivity contribution in [3.05, 3.63) is 136 Å². The lowest BCUT2D eigenvalue weighted by molar-refractivity contribution is -0.144. The van der Waals surface area contributed by atoms with E-state index in [1.807, 2.05) is 61.8 Å². The van der Waals surface area contributed by atoms with Crippen molar-refractivity contribution in [2.24, 2.45) is 11.8 Å². The van der Waals surface area contributed by atoms with Gasteiger partial charge in [-0.2, -0.15) is 0 Å². The first-order chi connectivity index (χ1) is 30.0. The maximum Gasteiger partial charge on any atom is 0.329 e. The standard InChI is InChI=1S/C52H59ClN4O5/c1-34(33-62-47-19-25-55-46-15-4-9-35(2)49(46)47)27-41-29-39-17-18-44(31-45(39)51(41)20-22-52(23-21-51,50(59)60)57-43-14-6-13-42(53)30-43)61-26-8-16-48(58)56-36(3)37-10-5-11-38(28-37)40-12-7-24-54-32-40/h5-7,10-14,17-19,24-25,28,30-32,34-36,41,57H,4,8-9,15-16,20-23,26-27,29,33H2,1-3H3,(H,56,58)(H,59,60)/t34-,35-,36-,41?,51?,52?/m1/s1. The molecule has 0 aliphatic heterocycles. The molecule has 1 saturated carbocycles. The van der Waals surface area contributed by atoms with Crippen LogP contribution in [0.25, 0.3) is 11.1 Å². The number of carboxylic acids is 1. The zero-order valence-corrected chi connectivity index (χ0v) is 36.9. The highest BCUT2D eigenvalue weighted by Gasteiger charge is 2.54. The van der Waals surface area contributed by atoms with E-state index in [1.54, 1.807) is 18.3 Å². The molecule has 3 aromatic carbocycles. The van der Waals surface area contributed by atoms with Crippen molar-refractivity contribution in [1.29, 1.82) is 0 Å². The fourth-order valence-electron chi connectivity index (χ4n) is 10.5. The third-order valence-corrected chi connectivity index (χ3v) is 14.1. The van der Waals surface area contributed by atoms with E-state index < -0.39 is 11.5 Å². The molecule has 1 amide bonds. The lowest BCUT2D eigenvalue weighted by atomic mass is 9.59. The third kappa shape index (κ3) is 9.48. The summed E-state index contributed by atoms with van der Waals surface area (Å²) in [5.41, 5.74) is 7.54. The second kappa shape index (κ2) is 18.9. The van der Waals surface area contributed by atoms with Gasteiger partial charge in [0.1, 0.15) is 17.0 Å². The van der Waals surface area contributed by atoms with Crippen LogP contribution in [0.5, 0.6) is 11.5 Å². The summed E-state index contributed by atoms with van der Waals surface area (Å²) in [6.07, 6.45) is 14.0. The first-order valence-electron chi connectivity index (χ1n) is 22.5. The van der Waals surface area contributed by atoms with Gasteiger partial charge in [0.25, 0.3) is 0 Å². The highest BCUT2D eigenvalue weighted by molar-refractivity contribution is 6.30. The molecular weight excluding hydrogens is 796 g/mol. The van der Waals surface area contributed by atoms with Gasteiger partial charge in [-0.15, -0.1) is 0 Å². The third-order valence-electron chi connectivity index (χ3n) is 13.8. The number of ether oxygens (including phenoxy) is 2. The van der Waals surface area contributed by atoms with Crippen LogP contribution < -0.4 is 20.1 Å². The molecule has 4 atom stereocenters. The molecule has 3 aliphatic rings. The Labute approximate surface area is 371 Å². The van der Waals surface area contributed by atoms with Crippen molar-refractivity contribution in [3.63, 3.8) is 0 Å². The van der Waals surface area contributed by atoms with E-state index in [0.29, 0.717) is 61.4 Å². The summed E-state index contributed by atoms with van der Waals surface area (Å²) in [6, 6.07) is 27.8. The molecule has 5 aromatic rings. The number of nitrogens with zero attached hydrogens (tertiary/aromatic N) is 2. The predicted molar refractivity (Wildman–Crippen MR) is 245 cm³/mol. The van der Waals surface area contributed by atoms with Gasteiger partial charge in [0.2, 0.25) is 5.91 Å². The Morgan fingerprint density at radius 3 is 2.55 bits per heavy atom. The molecular formula is C52H59ClN4O5. The Morgan fingerprint density at radius 2 is 1.76 bits per heavy atom. The number of hydrogen-bond donors (Lipinski definition) is 3. The van der Waals surface area contributed by atoms with Crippen molar-refractivity contribution < 1.29 is 24.2 Å². The topological polar surface area (TPSA) is 123 Å². The normalized spacial score (nSPS) is 22.5. The number of aryl methyl sites for hydroxylation is 1. The molecule has 1 spiro atoms. The zero-order valence-electron chi connectivity index (χ0n) is 36.2. The van der Waals surface area contributed by atoms with Crippen LogP contribution in [-0.2, 0) is 27.8 Å². The average molecular weight is 856 g/mol. The lowest BCUT2D eigenvalue weighted by Gasteiger charge is -2.47. The van der Waals surface area contributed by atoms with Crippen LogP contribution in [0.3, 0.4) is 0 Å². The number of aromatic nitrogens is 2. The largest absolute Gasteiger partial charge is 0.494 e. The van der Waals surface area contributed by atoms with E-state index in [4.69, 9.17) is 21.1 Å². The molecule has 9 nitrogen and oxygen atoms in total. The van der Waals surface area contributed by atoms with E-state index in [2.05, 4.69) is 64.8 Å². The van der Waals surface area contributed by atoms with Crippen LogP contribution in [-0.4, -0.2) is 45.7 Å². The van der Waals surface area contributed by atoms with Crippen LogP contribution in [0.4, 0.5) is 5.69 Å². The average Bonchev–Trinajstić information content (AvgIpc) is 3.56. The molecule has 3 aliphatic carbocycles. The number of amides is 1. The molecule has 0 saturated heterocycles. The molecule has 0 radical (unpaired) electrons. The summed E-state index contributed by atoms with van der Waals surface area (Å²) in [6.45, 7) is 7.58. The second-order valence-electron chi connectivity index (χ2n) is 18.1. The van der Waals surface area contributed by atoms with Crippen molar-refractivity contribution in [2.45, 2.75) is 114 Å². The number of fused-ring (bicyclic) bond motifs is 3. The lowest BCUT2D eigenvalue weighted by Crippen LogP contribution is -2.53. The molecule has 8 rings (SSSR count). The number of anilines is 1. The summed E-state index contributed by atoms with van der Waals surface area (Å²) < 4.78 is 13.0. The van der Waals surface area contributed by atoms with Crippen LogP contribution in [0.1, 0.15) is 118 Å². The Kier molecular flexibility index (Phi) is 13.2. The Hall–Kier alpha value is -5.41. The van der Waals surface area contributed by atoms with Crippen molar-refractivity contribution in [3.8, 4) is 22.6 Å². The van der Waals surface area contributed by atoms with Gasteiger partial charge in [-0.25, -0.2) is 4.79 Å². The summed E-state index contributed by atoms with van der Waals surface area (Å²) in [5, 5.41) is 17.9. The molecule has 2 heterocycles. The number of benzene rings is 3. The van der Waals surface area contributed by atoms with Crippen molar-refractivity contribution >= 4 is 29.2 Å². The minimum absolute atomic E-state index is 0.0180. The van der Waals surface area contributed by atoms with E-state index in [0.717, 1.165) is 73.1 Å². The number of carbonyl (C=O) groups excluding carboxylic acids is 1. The summed E-state index contributed by atoms with van der Waals surface area (Å²) in [4.78, 5) is 35.1. The van der Waals surface area contributed by atoms with Gasteiger partial charge in [0, 0.05) is 47.0 Å². The number of carbonyl (C=O) groups is 2. The van der Waals surface area contributed by atoms with E-state index >= 15 is 0 Å². The predicted octanol–water partition coefficient (Wildman–Crippen LogP) is 11.3. The molecule has 2 aromatic heterocycles. The zero-order chi connectivity index (χ0) is 43.3. The van der Waals surface area contributed by atoms with Crippen LogP contribution >= 0.6 is 11.6 Å². The van der Waals surface area contributed by atoms with Gasteiger partial charge in [0.05, 0.1) is 19.3 Å². The molecule has 0 bridgehead atoms. The number of nitrogens with one attached hydrogen (secondary N) is 2. The van der Waals surface area contributed by atoms with Gasteiger partial charge in [-0.3, -0.25) is 14.8 Å². The SMILES string of the molecule is C[C@@H](COc1ccnc2c1[C@H](C)CCC2)CC1Cc2ccc(OCCCC(=O)N[C@H](C)c3cccc(-c4cccnc4)c3)cc2C12CCC(Nc1cccc(Cl)c1)(C(=O)O)CC2. The van der Waals surface area contributed by atoms with Gasteiger partial charge < -0.3 is 25.2 Å². The first-order valence-corrected chi connectivity index (χ1v) is 22.8. The second-order valence-corrected chi connectivity index (χ2v) is 18.6. The summed E-state index contributed by atoms with van der Waals surface area (Å²) >= 11 is 6.32. The maximum atomic E-state index is 13.1. The molecule has 3 N–H and O–H groups in total. The van der Waals surface area contributed by atoms with Crippen LogP contribution in [0.2, 0.25) is 5.02 Å². The van der Waals surface area contributed by atoms with Gasteiger partial charge in [0.15, 0.2) is 0 Å². The first kappa shape index (κ1) is 43.2. The Balaban J connectivity index is 0.938. The van der Waals surface area contributed by atoms with E-state index in [9.17, 15) is 14.7 Å². The Bertz CT molecular complexity index is 2360. The van der Waals surface area contributed by atoms with Crippen molar-refractivity contribution in [2.75, 3.05) is 18.5 Å². The molecule has 1 fully saturated rings. The molecule has 1 unspecified atom stereocenters. The van der Waals surface area contributed by atoms with Crippen LogP contribution in [0, 0.1) is 11.8 Å². The number of aliphatic carboxylic acids is 1. The maximum absolute atomic E-state index is 13.1. The number of hydrogen-bond acceptors (Lipinski definition) is 7. The highest BCUT2D eigenvalue weighted by Crippen LogP contribution is 2.57. The van der Waals surface area contributed by atoms with E-state index in [-0.39, 0.29) is 23.3 Å². The smallest absolute Gasteiger partial charge is 0.329 e. The number of carboxylic acid groups (broad SMARTS) is 1. The number of halogens is 1. The quantitative estimate of drug-likeness (QED) is 0.0839. The van der Waals surface area contributed by atoms with Crippen molar-refractivity contribution in [1.82, 2.24) is 15.3 Å². The van der Waals surface area contributed by atoms with Crippen LogP contribution in [0.15, 0.2) is 104 Å². The fraction of sp³-hybridized carbons (Fsp3) is 0.423. The molecule has 324 valence electrons. The Morgan fingerprint density at radius 1 is 0.935 bits per heavy atom. The van der Waals surface area contributed by atoms with Gasteiger partial charge in [-0.05, 0) is 171 Å². The summed E-state index contributed by atoms with van der Waals surface area (Å²) in [5.74, 6) is 1.92.